The SMILES string of the molecule is O=C(O)CN(C(=O)c1cccc(F)c1Cl)C1CCOCC1. The Morgan fingerprint density at radius 3 is 2.67 bits per heavy atom. The number of amides is 1. The molecule has 1 N–H and O–H groups in total. The van der Waals surface area contributed by atoms with Crippen LogP contribution in [0.3, 0.4) is 0 Å². The number of carbonyl (C=O) groups is 2. The van der Waals surface area contributed by atoms with Crippen molar-refractivity contribution >= 4 is 23.5 Å². The van der Waals surface area contributed by atoms with Crippen LogP contribution in [0.5, 0.6) is 0 Å². The van der Waals surface area contributed by atoms with E-state index in [1.165, 1.54) is 17.0 Å². The topological polar surface area (TPSA) is 66.8 Å². The van der Waals surface area contributed by atoms with Crippen LogP contribution in [0.1, 0.15) is 23.2 Å². The van der Waals surface area contributed by atoms with Crippen molar-refractivity contribution in [3.63, 3.8) is 0 Å². The van der Waals surface area contributed by atoms with E-state index < -0.39 is 24.2 Å². The van der Waals surface area contributed by atoms with Gasteiger partial charge >= 0.3 is 5.97 Å². The summed E-state index contributed by atoms with van der Waals surface area (Å²) in [7, 11) is 0. The molecule has 0 bridgehead atoms. The van der Waals surface area contributed by atoms with Crippen molar-refractivity contribution in [2.75, 3.05) is 19.8 Å². The molecule has 114 valence electrons. The fourth-order valence-corrected chi connectivity index (χ4v) is 2.54. The Labute approximate surface area is 126 Å². The largest absolute Gasteiger partial charge is 0.480 e. The van der Waals surface area contributed by atoms with Gasteiger partial charge in [0.15, 0.2) is 0 Å². The first-order valence-corrected chi connectivity index (χ1v) is 6.93. The Bertz CT molecular complexity index is 546. The van der Waals surface area contributed by atoms with Crippen LogP contribution in [0, 0.1) is 5.82 Å². The predicted molar refractivity (Wildman–Crippen MR) is 73.9 cm³/mol. The zero-order valence-electron chi connectivity index (χ0n) is 11.2. The first kappa shape index (κ1) is 15.7. The fourth-order valence-electron chi connectivity index (χ4n) is 2.33. The standard InChI is InChI=1S/C14H15ClFNO4/c15-13-10(2-1-3-11(13)16)14(20)17(8-12(18)19)9-4-6-21-7-5-9/h1-3,9H,4-8H2,(H,18,19). The highest BCUT2D eigenvalue weighted by Crippen LogP contribution is 2.24. The maximum Gasteiger partial charge on any atom is 0.323 e. The summed E-state index contributed by atoms with van der Waals surface area (Å²) in [5.41, 5.74) is -0.0237. The second kappa shape index (κ2) is 6.87. The average molecular weight is 316 g/mol. The van der Waals surface area contributed by atoms with E-state index in [0.29, 0.717) is 26.1 Å². The number of benzene rings is 1. The van der Waals surface area contributed by atoms with Crippen LogP contribution in [0.15, 0.2) is 18.2 Å². The van der Waals surface area contributed by atoms with Crippen molar-refractivity contribution < 1.29 is 23.8 Å². The third-order valence-electron chi connectivity index (χ3n) is 3.38. The molecule has 1 aliphatic rings. The lowest BCUT2D eigenvalue weighted by atomic mass is 10.1. The van der Waals surface area contributed by atoms with Crippen molar-refractivity contribution in [1.29, 1.82) is 0 Å². The van der Waals surface area contributed by atoms with Gasteiger partial charge in [0.2, 0.25) is 0 Å². The smallest absolute Gasteiger partial charge is 0.323 e. The molecule has 1 amide bonds. The molecule has 0 saturated carbocycles. The van der Waals surface area contributed by atoms with Gasteiger partial charge in [-0.2, -0.15) is 0 Å². The molecule has 1 aromatic carbocycles. The molecule has 0 atom stereocenters. The second-order valence-electron chi connectivity index (χ2n) is 4.77. The summed E-state index contributed by atoms with van der Waals surface area (Å²) in [6.45, 7) is 0.478. The molecule has 0 spiro atoms. The van der Waals surface area contributed by atoms with Crippen molar-refractivity contribution in [2.24, 2.45) is 0 Å². The maximum absolute atomic E-state index is 13.5. The molecule has 1 heterocycles. The number of ether oxygens (including phenoxy) is 1. The van der Waals surface area contributed by atoms with E-state index in [0.717, 1.165) is 6.07 Å². The van der Waals surface area contributed by atoms with Crippen molar-refractivity contribution in [3.05, 3.63) is 34.6 Å². The molecular formula is C14H15ClFNO4. The molecule has 0 aromatic heterocycles. The van der Waals surface area contributed by atoms with E-state index in [-0.39, 0.29) is 16.6 Å². The number of carboxylic acids is 1. The van der Waals surface area contributed by atoms with Crippen molar-refractivity contribution in [1.82, 2.24) is 4.90 Å². The molecule has 0 aliphatic carbocycles. The van der Waals surface area contributed by atoms with Gasteiger partial charge in [-0.3, -0.25) is 9.59 Å². The van der Waals surface area contributed by atoms with Gasteiger partial charge in [0.25, 0.3) is 5.91 Å². The molecule has 1 saturated heterocycles. The normalized spacial score (nSPS) is 15.7. The van der Waals surface area contributed by atoms with Crippen LogP contribution in [-0.2, 0) is 9.53 Å². The van der Waals surface area contributed by atoms with E-state index in [1.807, 2.05) is 0 Å². The van der Waals surface area contributed by atoms with Crippen molar-refractivity contribution in [3.8, 4) is 0 Å². The lowest BCUT2D eigenvalue weighted by molar-refractivity contribution is -0.138. The Morgan fingerprint density at radius 2 is 2.05 bits per heavy atom. The van der Waals surface area contributed by atoms with Crippen LogP contribution in [0.25, 0.3) is 0 Å². The van der Waals surface area contributed by atoms with Gasteiger partial charge in [0, 0.05) is 19.3 Å². The number of halogens is 2. The van der Waals surface area contributed by atoms with E-state index in [2.05, 4.69) is 0 Å². The zero-order chi connectivity index (χ0) is 15.4. The van der Waals surface area contributed by atoms with Gasteiger partial charge in [-0.25, -0.2) is 4.39 Å². The minimum atomic E-state index is -1.12. The minimum absolute atomic E-state index is 0.0237. The molecule has 2 rings (SSSR count). The first-order valence-electron chi connectivity index (χ1n) is 6.55. The zero-order valence-corrected chi connectivity index (χ0v) is 12.0. The van der Waals surface area contributed by atoms with Crippen LogP contribution in [0.2, 0.25) is 5.02 Å². The number of hydrogen-bond acceptors (Lipinski definition) is 3. The predicted octanol–water partition coefficient (Wildman–Crippen LogP) is 2.18. The molecule has 1 fully saturated rings. The first-order chi connectivity index (χ1) is 10.0. The lowest BCUT2D eigenvalue weighted by Crippen LogP contribution is -2.46. The number of rotatable bonds is 4. The fraction of sp³-hybridized carbons (Fsp3) is 0.429. The Hall–Kier alpha value is -1.66. The Balaban J connectivity index is 2.28. The van der Waals surface area contributed by atoms with Gasteiger partial charge in [-0.1, -0.05) is 17.7 Å². The highest BCUT2D eigenvalue weighted by Gasteiger charge is 2.29. The number of carbonyl (C=O) groups excluding carboxylic acids is 1. The highest BCUT2D eigenvalue weighted by atomic mass is 35.5. The molecule has 1 aromatic rings. The number of nitrogens with zero attached hydrogens (tertiary/aromatic N) is 1. The summed E-state index contributed by atoms with van der Waals surface area (Å²) < 4.78 is 18.7. The van der Waals surface area contributed by atoms with Gasteiger partial charge < -0.3 is 14.7 Å². The van der Waals surface area contributed by atoms with E-state index in [1.54, 1.807) is 0 Å². The molecule has 5 nitrogen and oxygen atoms in total. The third kappa shape index (κ3) is 3.71. The summed E-state index contributed by atoms with van der Waals surface area (Å²) in [4.78, 5) is 24.8. The summed E-state index contributed by atoms with van der Waals surface area (Å²) in [5.74, 6) is -2.40. The quantitative estimate of drug-likeness (QED) is 0.925. The number of hydrogen-bond donors (Lipinski definition) is 1. The van der Waals surface area contributed by atoms with Crippen LogP contribution in [-0.4, -0.2) is 47.7 Å². The van der Waals surface area contributed by atoms with Crippen molar-refractivity contribution in [2.45, 2.75) is 18.9 Å². The summed E-state index contributed by atoms with van der Waals surface area (Å²) >= 11 is 5.81. The lowest BCUT2D eigenvalue weighted by Gasteiger charge is -2.33. The second-order valence-corrected chi connectivity index (χ2v) is 5.15. The summed E-state index contributed by atoms with van der Waals surface area (Å²) in [6, 6.07) is 3.66. The van der Waals surface area contributed by atoms with E-state index >= 15 is 0 Å². The van der Waals surface area contributed by atoms with Crippen LogP contribution in [0.4, 0.5) is 4.39 Å². The van der Waals surface area contributed by atoms with E-state index in [9.17, 15) is 14.0 Å². The van der Waals surface area contributed by atoms with E-state index in [4.69, 9.17) is 21.4 Å². The van der Waals surface area contributed by atoms with Gasteiger partial charge in [0.05, 0.1) is 10.6 Å². The summed E-state index contributed by atoms with van der Waals surface area (Å²) in [5, 5.41) is 8.71. The highest BCUT2D eigenvalue weighted by molar-refractivity contribution is 6.34. The molecule has 0 radical (unpaired) electrons. The maximum atomic E-state index is 13.5. The van der Waals surface area contributed by atoms with Gasteiger partial charge in [0.1, 0.15) is 12.4 Å². The third-order valence-corrected chi connectivity index (χ3v) is 3.76. The molecule has 1 aliphatic heterocycles. The Morgan fingerprint density at radius 1 is 1.38 bits per heavy atom. The molecular weight excluding hydrogens is 301 g/mol. The molecule has 0 unspecified atom stereocenters. The molecule has 21 heavy (non-hydrogen) atoms. The number of carboxylic acid groups (broad SMARTS) is 1. The average Bonchev–Trinajstić information content (AvgIpc) is 2.48. The monoisotopic (exact) mass is 315 g/mol. The van der Waals surface area contributed by atoms with Crippen LogP contribution < -0.4 is 0 Å². The van der Waals surface area contributed by atoms with Gasteiger partial charge in [-0.05, 0) is 25.0 Å². The Kier molecular flexibility index (Phi) is 5.14. The van der Waals surface area contributed by atoms with Gasteiger partial charge in [-0.15, -0.1) is 0 Å². The van der Waals surface area contributed by atoms with Crippen LogP contribution >= 0.6 is 11.6 Å². The minimum Gasteiger partial charge on any atom is -0.480 e. The summed E-state index contributed by atoms with van der Waals surface area (Å²) in [6.07, 6.45) is 1.10. The molecule has 7 heteroatoms. The number of aliphatic carboxylic acids is 1.